The van der Waals surface area contributed by atoms with E-state index in [4.69, 9.17) is 15.2 Å². The molecular formula is C21H32FN3O5S. The average Bonchev–Trinajstić information content (AvgIpc) is 2.73. The van der Waals surface area contributed by atoms with Gasteiger partial charge in [0.2, 0.25) is 4.87 Å². The largest absolute Gasteiger partial charge is 0.488 e. The first-order valence-corrected chi connectivity index (χ1v) is 12.2. The Kier molecular flexibility index (Phi) is 6.95. The van der Waals surface area contributed by atoms with E-state index in [1.54, 1.807) is 13.8 Å². The number of halogens is 1. The molecule has 0 radical (unpaired) electrons. The maximum absolute atomic E-state index is 14.1. The minimum Gasteiger partial charge on any atom is -0.488 e. The van der Waals surface area contributed by atoms with Gasteiger partial charge in [-0.3, -0.25) is 9.69 Å². The molecule has 0 bridgehead atoms. The Balaban J connectivity index is 1.93. The summed E-state index contributed by atoms with van der Waals surface area (Å²) >= 11 is 0. The van der Waals surface area contributed by atoms with Crippen molar-refractivity contribution in [2.45, 2.75) is 43.6 Å². The minimum atomic E-state index is -4.07. The van der Waals surface area contributed by atoms with E-state index in [9.17, 15) is 17.6 Å². The first-order valence-electron chi connectivity index (χ1n) is 10.6. The second kappa shape index (κ2) is 9.01. The molecule has 1 fully saturated rings. The number of carbonyl (C=O) groups excluding carboxylic acids is 1. The highest BCUT2D eigenvalue weighted by Gasteiger charge is 2.56. The molecule has 10 heteroatoms. The van der Waals surface area contributed by atoms with Gasteiger partial charge in [-0.05, 0) is 38.5 Å². The van der Waals surface area contributed by atoms with Gasteiger partial charge in [-0.25, -0.2) is 12.8 Å². The maximum Gasteiger partial charge on any atom is 0.256 e. The van der Waals surface area contributed by atoms with Crippen LogP contribution in [0.5, 0.6) is 5.75 Å². The van der Waals surface area contributed by atoms with Crippen LogP contribution in [0.25, 0.3) is 0 Å². The fourth-order valence-electron chi connectivity index (χ4n) is 4.25. The number of nitrogens with zero attached hydrogens (tertiary/aromatic N) is 1. The molecule has 0 saturated carbocycles. The summed E-state index contributed by atoms with van der Waals surface area (Å²) in [5.74, 6) is -2.26. The van der Waals surface area contributed by atoms with E-state index in [-0.39, 0.29) is 18.7 Å². The van der Waals surface area contributed by atoms with Gasteiger partial charge in [0.1, 0.15) is 17.2 Å². The third-order valence-corrected chi connectivity index (χ3v) is 8.27. The average molecular weight is 458 g/mol. The fraction of sp³-hybridized carbons (Fsp3) is 0.667. The molecule has 3 rings (SSSR count). The van der Waals surface area contributed by atoms with E-state index >= 15 is 0 Å². The summed E-state index contributed by atoms with van der Waals surface area (Å²) in [5, 5.41) is 2.72. The summed E-state index contributed by atoms with van der Waals surface area (Å²) in [5.41, 5.74) is 6.01. The summed E-state index contributed by atoms with van der Waals surface area (Å²) in [6.07, 6.45) is 0.149. The summed E-state index contributed by atoms with van der Waals surface area (Å²) in [6, 6.07) is 3.91. The number of hydrogen-bond donors (Lipinski definition) is 2. The summed E-state index contributed by atoms with van der Waals surface area (Å²) < 4.78 is 51.7. The molecule has 1 aromatic carbocycles. The predicted molar refractivity (Wildman–Crippen MR) is 115 cm³/mol. The van der Waals surface area contributed by atoms with Crippen LogP contribution in [0.1, 0.15) is 38.7 Å². The summed E-state index contributed by atoms with van der Waals surface area (Å²) in [6.45, 7) is 8.59. The van der Waals surface area contributed by atoms with E-state index in [2.05, 4.69) is 10.2 Å². The van der Waals surface area contributed by atoms with Gasteiger partial charge in [0.15, 0.2) is 9.84 Å². The van der Waals surface area contributed by atoms with Crippen LogP contribution in [-0.4, -0.2) is 74.8 Å². The molecule has 2 heterocycles. The molecule has 2 unspecified atom stereocenters. The van der Waals surface area contributed by atoms with Crippen molar-refractivity contribution < 1.29 is 27.1 Å². The van der Waals surface area contributed by atoms with Crippen LogP contribution in [0.2, 0.25) is 0 Å². The molecule has 2 aliphatic heterocycles. The van der Waals surface area contributed by atoms with Crippen molar-refractivity contribution in [3.63, 3.8) is 0 Å². The van der Waals surface area contributed by atoms with Crippen LogP contribution in [0.3, 0.4) is 0 Å². The first-order chi connectivity index (χ1) is 14.5. The van der Waals surface area contributed by atoms with Crippen molar-refractivity contribution in [2.75, 3.05) is 45.1 Å². The zero-order chi connectivity index (χ0) is 22.9. The van der Waals surface area contributed by atoms with E-state index in [0.717, 1.165) is 13.1 Å². The summed E-state index contributed by atoms with van der Waals surface area (Å²) in [4.78, 5) is 13.2. The third-order valence-electron chi connectivity index (χ3n) is 6.01. The highest BCUT2D eigenvalue weighted by Crippen LogP contribution is 2.47. The highest BCUT2D eigenvalue weighted by molar-refractivity contribution is 7.93. The lowest BCUT2D eigenvalue weighted by Crippen LogP contribution is -2.65. The van der Waals surface area contributed by atoms with E-state index in [0.29, 0.717) is 31.1 Å². The number of hydrogen-bond acceptors (Lipinski definition) is 7. The molecule has 3 N–H and O–H groups in total. The lowest BCUT2D eigenvalue weighted by atomic mass is 9.79. The quantitative estimate of drug-likeness (QED) is 0.629. The number of carbonyl (C=O) groups is 1. The second-order valence-corrected chi connectivity index (χ2v) is 11.2. The van der Waals surface area contributed by atoms with Crippen molar-refractivity contribution in [1.29, 1.82) is 0 Å². The van der Waals surface area contributed by atoms with Crippen molar-refractivity contribution >= 4 is 15.7 Å². The van der Waals surface area contributed by atoms with Crippen LogP contribution in [-0.2, 0) is 19.4 Å². The number of amides is 1. The van der Waals surface area contributed by atoms with Gasteiger partial charge in [-0.15, -0.1) is 0 Å². The number of fused-ring (bicyclic) bond motifs is 1. The summed E-state index contributed by atoms with van der Waals surface area (Å²) in [7, 11) is -4.07. The molecule has 1 amide bonds. The second-order valence-electron chi connectivity index (χ2n) is 8.71. The zero-order valence-electron chi connectivity index (χ0n) is 18.3. The smallest absolute Gasteiger partial charge is 0.256 e. The number of benzene rings is 1. The molecule has 8 nitrogen and oxygen atoms in total. The Labute approximate surface area is 183 Å². The number of sulfone groups is 1. The van der Waals surface area contributed by atoms with Crippen molar-refractivity contribution in [1.82, 2.24) is 10.2 Å². The number of ether oxygens (including phenoxy) is 2. The number of morpholine rings is 1. The van der Waals surface area contributed by atoms with Crippen LogP contribution < -0.4 is 15.8 Å². The van der Waals surface area contributed by atoms with E-state index < -0.39 is 38.0 Å². The van der Waals surface area contributed by atoms with Gasteiger partial charge < -0.3 is 20.5 Å². The Hall–Kier alpha value is -1.75. The Morgan fingerprint density at radius 2 is 2.03 bits per heavy atom. The molecule has 0 aromatic heterocycles. The predicted octanol–water partition coefficient (Wildman–Crippen LogP) is 1.01. The third kappa shape index (κ3) is 4.87. The lowest BCUT2D eigenvalue weighted by Gasteiger charge is -2.44. The van der Waals surface area contributed by atoms with Gasteiger partial charge in [-0.1, -0.05) is 6.92 Å². The van der Waals surface area contributed by atoms with Crippen LogP contribution in [0.4, 0.5) is 4.39 Å². The molecule has 2 aliphatic rings. The molecule has 1 aromatic rings. The van der Waals surface area contributed by atoms with Crippen LogP contribution in [0.15, 0.2) is 18.2 Å². The molecule has 0 spiro atoms. The highest BCUT2D eigenvalue weighted by atomic mass is 32.2. The maximum atomic E-state index is 14.1. The van der Waals surface area contributed by atoms with Gasteiger partial charge >= 0.3 is 0 Å². The SMILES string of the molecule is CCS(=O)(=O)C(N)(C(=O)NCCN1CCOCC1)C1CC(C)(C)Oc2ccc(F)cc21. The fourth-order valence-corrected chi connectivity index (χ4v) is 5.73. The van der Waals surface area contributed by atoms with Gasteiger partial charge in [0, 0.05) is 43.4 Å². The molecule has 174 valence electrons. The Bertz CT molecular complexity index is 918. The standard InChI is InChI=1S/C21H32FN3O5S/c1-4-31(27,28)21(23,19(26)24-7-8-25-9-11-29-12-10-25)17-14-20(2,3)30-18-6-5-15(22)13-16(17)18/h5-6,13,17H,4,7-12,14,23H2,1-3H3,(H,24,26). The topological polar surface area (TPSA) is 111 Å². The Morgan fingerprint density at radius 1 is 1.35 bits per heavy atom. The van der Waals surface area contributed by atoms with Gasteiger partial charge in [-0.2, -0.15) is 0 Å². The molecular weight excluding hydrogens is 425 g/mol. The first kappa shape index (κ1) is 23.9. The number of nitrogens with one attached hydrogen (secondary N) is 1. The normalized spacial score (nSPS) is 23.3. The van der Waals surface area contributed by atoms with Crippen molar-refractivity contribution in [3.8, 4) is 5.75 Å². The number of nitrogens with two attached hydrogens (primary N) is 1. The van der Waals surface area contributed by atoms with Crippen molar-refractivity contribution in [2.24, 2.45) is 5.73 Å². The molecule has 1 saturated heterocycles. The molecule has 31 heavy (non-hydrogen) atoms. The zero-order valence-corrected chi connectivity index (χ0v) is 19.1. The van der Waals surface area contributed by atoms with Crippen molar-refractivity contribution in [3.05, 3.63) is 29.6 Å². The minimum absolute atomic E-state index is 0.149. The van der Waals surface area contributed by atoms with Crippen LogP contribution in [0, 0.1) is 5.82 Å². The van der Waals surface area contributed by atoms with Crippen LogP contribution >= 0.6 is 0 Å². The van der Waals surface area contributed by atoms with E-state index in [1.807, 2.05) is 0 Å². The van der Waals surface area contributed by atoms with E-state index in [1.165, 1.54) is 25.1 Å². The van der Waals surface area contributed by atoms with Gasteiger partial charge in [0.05, 0.1) is 13.2 Å². The lowest BCUT2D eigenvalue weighted by molar-refractivity contribution is -0.124. The molecule has 0 aliphatic carbocycles. The van der Waals surface area contributed by atoms with Gasteiger partial charge in [0.25, 0.3) is 5.91 Å². The molecule has 2 atom stereocenters. The Morgan fingerprint density at radius 3 is 2.68 bits per heavy atom. The number of rotatable bonds is 7. The monoisotopic (exact) mass is 457 g/mol.